The summed E-state index contributed by atoms with van der Waals surface area (Å²) in [6, 6.07) is 0. The van der Waals surface area contributed by atoms with Gasteiger partial charge in [-0.1, -0.05) is 12.8 Å². The van der Waals surface area contributed by atoms with Crippen molar-refractivity contribution in [2.75, 3.05) is 0 Å². The van der Waals surface area contributed by atoms with Gasteiger partial charge in [0.15, 0.2) is 0 Å². The maximum Gasteiger partial charge on any atom is 0.310 e. The number of hydrogen-bond donors (Lipinski definition) is 2. The summed E-state index contributed by atoms with van der Waals surface area (Å²) in [5, 5.41) is 17.8. The van der Waals surface area contributed by atoms with E-state index < -0.39 is 23.3 Å². The molecule has 1 rings (SSSR count). The van der Waals surface area contributed by atoms with E-state index in [0.717, 1.165) is 12.8 Å². The topological polar surface area (TPSA) is 74.6 Å². The van der Waals surface area contributed by atoms with Crippen molar-refractivity contribution in [3.8, 4) is 0 Å². The molecule has 5 heteroatoms. The van der Waals surface area contributed by atoms with Crippen LogP contribution >= 0.6 is 0 Å². The van der Waals surface area contributed by atoms with Crippen molar-refractivity contribution in [3.05, 3.63) is 0 Å². The molecule has 0 aliphatic heterocycles. The molecule has 0 aromatic heterocycles. The second kappa shape index (κ2) is 5.09. The maximum atomic E-state index is 10.9. The molecule has 2 unspecified atom stereocenters. The van der Waals surface area contributed by atoms with Gasteiger partial charge >= 0.3 is 11.9 Å². The van der Waals surface area contributed by atoms with Gasteiger partial charge in [-0.15, -0.1) is 0 Å². The summed E-state index contributed by atoms with van der Waals surface area (Å²) in [4.78, 5) is 21.7. The summed E-state index contributed by atoms with van der Waals surface area (Å²) in [7, 11) is 0. The summed E-state index contributed by atoms with van der Waals surface area (Å²) in [6.07, 6.45) is 2.59. The normalized spacial score (nSPS) is 31.6. The molecule has 4 nitrogen and oxygen atoms in total. The first-order valence-corrected chi connectivity index (χ1v) is 4.44. The third kappa shape index (κ3) is 2.46. The fraction of sp³-hybridized carbons (Fsp3) is 0.778. The smallest absolute Gasteiger partial charge is 0.310 e. The van der Waals surface area contributed by atoms with Crippen LogP contribution in [0.15, 0.2) is 0 Å². The SMILES string of the molecule is CC1(C(=O)O)CCCCC1C(=O)O.[Cd]. The molecule has 0 bridgehead atoms. The van der Waals surface area contributed by atoms with Crippen LogP contribution in [0.5, 0.6) is 0 Å². The molecule has 1 saturated carbocycles. The minimum atomic E-state index is -1.07. The van der Waals surface area contributed by atoms with Crippen molar-refractivity contribution < 1.29 is 47.1 Å². The molecular formula is C9H14CdO4. The molecule has 0 aromatic carbocycles. The molecule has 76 valence electrons. The van der Waals surface area contributed by atoms with E-state index in [1.54, 1.807) is 0 Å². The van der Waals surface area contributed by atoms with Gasteiger partial charge in [-0.25, -0.2) is 0 Å². The standard InChI is InChI=1S/C9H14O4.Cd/c1-9(8(12)13)5-3-2-4-6(9)7(10)11;/h6H,2-5H2,1H3,(H,10,11)(H,12,13);. The molecule has 2 N–H and O–H groups in total. The van der Waals surface area contributed by atoms with E-state index in [9.17, 15) is 9.59 Å². The number of carboxylic acid groups (broad SMARTS) is 2. The largest absolute Gasteiger partial charge is 0.481 e. The Morgan fingerprint density at radius 2 is 1.86 bits per heavy atom. The van der Waals surface area contributed by atoms with E-state index in [1.807, 2.05) is 0 Å². The van der Waals surface area contributed by atoms with E-state index in [4.69, 9.17) is 10.2 Å². The number of aliphatic carboxylic acids is 2. The number of rotatable bonds is 2. The third-order valence-electron chi connectivity index (χ3n) is 2.99. The molecule has 0 aromatic rings. The Bertz CT molecular complexity index is 241. The quantitative estimate of drug-likeness (QED) is 0.755. The Morgan fingerprint density at radius 3 is 2.21 bits per heavy atom. The Kier molecular flexibility index (Phi) is 5.04. The minimum Gasteiger partial charge on any atom is -0.481 e. The van der Waals surface area contributed by atoms with E-state index in [1.165, 1.54) is 6.92 Å². The molecule has 1 aliphatic rings. The van der Waals surface area contributed by atoms with Gasteiger partial charge in [0, 0.05) is 27.3 Å². The predicted molar refractivity (Wildman–Crippen MR) is 45.3 cm³/mol. The monoisotopic (exact) mass is 300 g/mol. The summed E-state index contributed by atoms with van der Waals surface area (Å²) in [5.41, 5.74) is -1.07. The van der Waals surface area contributed by atoms with Gasteiger partial charge in [-0.3, -0.25) is 9.59 Å². The predicted octanol–water partition coefficient (Wildman–Crippen LogP) is 1.35. The zero-order valence-electron chi connectivity index (χ0n) is 8.32. The van der Waals surface area contributed by atoms with Crippen LogP contribution < -0.4 is 0 Å². The summed E-state index contributed by atoms with van der Waals surface area (Å²) >= 11 is 0. The number of hydrogen-bond acceptors (Lipinski definition) is 2. The second-order valence-electron chi connectivity index (χ2n) is 3.86. The van der Waals surface area contributed by atoms with Crippen LogP contribution in [0, 0.1) is 11.3 Å². The molecule has 2 atom stereocenters. The average Bonchev–Trinajstić information content (AvgIpc) is 2.04. The van der Waals surface area contributed by atoms with Crippen LogP contribution in [-0.4, -0.2) is 22.2 Å². The van der Waals surface area contributed by atoms with E-state index >= 15 is 0 Å². The summed E-state index contributed by atoms with van der Waals surface area (Å²) in [5.74, 6) is -2.69. The van der Waals surface area contributed by atoms with Crippen LogP contribution in [0.4, 0.5) is 0 Å². The van der Waals surface area contributed by atoms with Gasteiger partial charge in [0.05, 0.1) is 11.3 Å². The van der Waals surface area contributed by atoms with Crippen LogP contribution in [-0.2, 0) is 36.9 Å². The van der Waals surface area contributed by atoms with Crippen molar-refractivity contribution in [1.29, 1.82) is 0 Å². The molecule has 0 heterocycles. The molecule has 14 heavy (non-hydrogen) atoms. The summed E-state index contributed by atoms with van der Waals surface area (Å²) in [6.45, 7) is 1.54. The first-order valence-electron chi connectivity index (χ1n) is 4.44. The Hall–Kier alpha value is -0.138. The van der Waals surface area contributed by atoms with Crippen LogP contribution in [0.2, 0.25) is 0 Å². The molecule has 0 saturated heterocycles. The Labute approximate surface area is 103 Å². The number of carbonyl (C=O) groups is 2. The number of carboxylic acids is 2. The van der Waals surface area contributed by atoms with Gasteiger partial charge in [0.1, 0.15) is 0 Å². The van der Waals surface area contributed by atoms with Gasteiger partial charge < -0.3 is 10.2 Å². The minimum absolute atomic E-state index is 0. The summed E-state index contributed by atoms with van der Waals surface area (Å²) < 4.78 is 0. The van der Waals surface area contributed by atoms with Crippen molar-refractivity contribution in [1.82, 2.24) is 0 Å². The maximum absolute atomic E-state index is 10.9. The van der Waals surface area contributed by atoms with Crippen LogP contribution in [0.1, 0.15) is 32.6 Å². The van der Waals surface area contributed by atoms with Crippen molar-refractivity contribution in [2.24, 2.45) is 11.3 Å². The van der Waals surface area contributed by atoms with E-state index in [-0.39, 0.29) is 27.3 Å². The Balaban J connectivity index is 0.00000169. The van der Waals surface area contributed by atoms with Gasteiger partial charge in [-0.2, -0.15) is 0 Å². The molecule has 0 amide bonds. The van der Waals surface area contributed by atoms with Crippen molar-refractivity contribution >= 4 is 11.9 Å². The first-order chi connectivity index (χ1) is 5.98. The molecular weight excluding hydrogens is 285 g/mol. The third-order valence-corrected chi connectivity index (χ3v) is 2.99. The van der Waals surface area contributed by atoms with Gasteiger partial charge in [-0.05, 0) is 19.8 Å². The molecule has 1 aliphatic carbocycles. The van der Waals surface area contributed by atoms with Crippen LogP contribution in [0.25, 0.3) is 0 Å². The fourth-order valence-electron chi connectivity index (χ4n) is 1.99. The zero-order chi connectivity index (χ0) is 10.1. The van der Waals surface area contributed by atoms with Crippen molar-refractivity contribution in [3.63, 3.8) is 0 Å². The Morgan fingerprint density at radius 1 is 1.29 bits per heavy atom. The van der Waals surface area contributed by atoms with Crippen LogP contribution in [0.3, 0.4) is 0 Å². The van der Waals surface area contributed by atoms with Gasteiger partial charge in [0.25, 0.3) is 0 Å². The molecule has 0 radical (unpaired) electrons. The molecule has 1 fully saturated rings. The average molecular weight is 299 g/mol. The van der Waals surface area contributed by atoms with Gasteiger partial charge in [0.2, 0.25) is 0 Å². The zero-order valence-corrected chi connectivity index (χ0v) is 12.4. The van der Waals surface area contributed by atoms with E-state index in [2.05, 4.69) is 0 Å². The fourth-order valence-corrected chi connectivity index (χ4v) is 1.99. The van der Waals surface area contributed by atoms with Crippen molar-refractivity contribution in [2.45, 2.75) is 32.6 Å². The molecule has 0 spiro atoms. The first kappa shape index (κ1) is 13.9. The second-order valence-corrected chi connectivity index (χ2v) is 3.86. The van der Waals surface area contributed by atoms with E-state index in [0.29, 0.717) is 12.8 Å².